The van der Waals surface area contributed by atoms with Crippen molar-refractivity contribution in [1.29, 1.82) is 0 Å². The van der Waals surface area contributed by atoms with Crippen LogP contribution in [0.5, 0.6) is 5.75 Å². The van der Waals surface area contributed by atoms with Gasteiger partial charge in [-0.1, -0.05) is 6.07 Å². The zero-order chi connectivity index (χ0) is 13.8. The first-order chi connectivity index (χ1) is 9.15. The second kappa shape index (κ2) is 5.75. The number of aromatic nitrogens is 1. The van der Waals surface area contributed by atoms with Gasteiger partial charge in [0.15, 0.2) is 0 Å². The molecule has 0 aliphatic rings. The van der Waals surface area contributed by atoms with E-state index >= 15 is 0 Å². The van der Waals surface area contributed by atoms with Crippen LogP contribution >= 0.6 is 0 Å². The first-order valence-electron chi connectivity index (χ1n) is 6.19. The normalized spacial score (nSPS) is 12.4. The topological polar surface area (TPSA) is 74.4 Å². The summed E-state index contributed by atoms with van der Waals surface area (Å²) < 4.78 is 5.32. The Bertz CT molecular complexity index is 577. The van der Waals surface area contributed by atoms with Crippen LogP contribution in [0.1, 0.15) is 12.5 Å². The third-order valence-electron chi connectivity index (χ3n) is 3.00. The molecule has 0 fully saturated rings. The third-order valence-corrected chi connectivity index (χ3v) is 3.00. The van der Waals surface area contributed by atoms with Crippen LogP contribution < -0.4 is 10.1 Å². The van der Waals surface area contributed by atoms with Crippen LogP contribution in [-0.4, -0.2) is 35.8 Å². The fourth-order valence-electron chi connectivity index (χ4n) is 2.07. The van der Waals surface area contributed by atoms with Crippen molar-refractivity contribution in [3.8, 4) is 5.75 Å². The number of benzene rings is 1. The smallest absolute Gasteiger partial charge is 0.224 e. The first-order valence-corrected chi connectivity index (χ1v) is 6.19. The lowest BCUT2D eigenvalue weighted by Crippen LogP contribution is -2.35. The van der Waals surface area contributed by atoms with E-state index in [4.69, 9.17) is 9.84 Å². The van der Waals surface area contributed by atoms with Gasteiger partial charge in [0.05, 0.1) is 20.1 Å². The van der Waals surface area contributed by atoms with Crippen LogP contribution in [-0.2, 0) is 11.2 Å². The van der Waals surface area contributed by atoms with Crippen LogP contribution in [0.2, 0.25) is 0 Å². The Labute approximate surface area is 111 Å². The summed E-state index contributed by atoms with van der Waals surface area (Å²) in [5.41, 5.74) is 1.83. The van der Waals surface area contributed by atoms with Gasteiger partial charge in [0.25, 0.3) is 0 Å². The molecule has 1 atom stereocenters. The Morgan fingerprint density at radius 1 is 1.53 bits per heavy atom. The lowest BCUT2D eigenvalue weighted by molar-refractivity contribution is -0.121. The number of carbonyl (C=O) groups excluding carboxylic acids is 1. The number of amides is 1. The van der Waals surface area contributed by atoms with Crippen molar-refractivity contribution in [3.05, 3.63) is 30.0 Å². The fourth-order valence-corrected chi connectivity index (χ4v) is 2.07. The minimum absolute atomic E-state index is 0.0665. The highest BCUT2D eigenvalue weighted by molar-refractivity contribution is 5.93. The molecule has 1 aromatic heterocycles. The van der Waals surface area contributed by atoms with E-state index in [0.717, 1.165) is 22.2 Å². The summed E-state index contributed by atoms with van der Waals surface area (Å²) in [7, 11) is 1.61. The molecule has 2 rings (SSSR count). The molecular weight excluding hydrogens is 244 g/mol. The molecule has 2 aromatic rings. The molecule has 0 bridgehead atoms. The van der Waals surface area contributed by atoms with Gasteiger partial charge in [0, 0.05) is 23.1 Å². The summed E-state index contributed by atoms with van der Waals surface area (Å²) in [4.78, 5) is 15.0. The fraction of sp³-hybridized carbons (Fsp3) is 0.357. The van der Waals surface area contributed by atoms with Gasteiger partial charge >= 0.3 is 0 Å². The van der Waals surface area contributed by atoms with Crippen molar-refractivity contribution in [3.63, 3.8) is 0 Å². The van der Waals surface area contributed by atoms with E-state index in [-0.39, 0.29) is 25.0 Å². The summed E-state index contributed by atoms with van der Waals surface area (Å²) in [6.45, 7) is 1.69. The zero-order valence-corrected chi connectivity index (χ0v) is 11.1. The molecule has 0 aliphatic carbocycles. The summed E-state index contributed by atoms with van der Waals surface area (Å²) >= 11 is 0. The molecule has 0 saturated heterocycles. The maximum atomic E-state index is 11.8. The maximum absolute atomic E-state index is 11.8. The Hall–Kier alpha value is -2.01. The number of H-pyrrole nitrogens is 1. The number of aliphatic hydroxyl groups excluding tert-OH is 1. The molecular formula is C14H18N2O3. The number of nitrogens with one attached hydrogen (secondary N) is 2. The quantitative estimate of drug-likeness (QED) is 0.758. The minimum atomic E-state index is -0.236. The highest BCUT2D eigenvalue weighted by Crippen LogP contribution is 2.28. The SMILES string of the molecule is COc1cccc2[nH]cc(CC(=O)NC(C)CO)c12. The summed E-state index contributed by atoms with van der Waals surface area (Å²) in [6, 6.07) is 5.47. The van der Waals surface area contributed by atoms with Crippen molar-refractivity contribution >= 4 is 16.8 Å². The number of fused-ring (bicyclic) bond motifs is 1. The van der Waals surface area contributed by atoms with Gasteiger partial charge in [-0.3, -0.25) is 4.79 Å². The molecule has 102 valence electrons. The van der Waals surface area contributed by atoms with Gasteiger partial charge in [-0.05, 0) is 24.6 Å². The van der Waals surface area contributed by atoms with Crippen LogP contribution in [0.4, 0.5) is 0 Å². The van der Waals surface area contributed by atoms with Crippen molar-refractivity contribution in [2.45, 2.75) is 19.4 Å². The minimum Gasteiger partial charge on any atom is -0.496 e. The molecule has 1 aromatic carbocycles. The molecule has 19 heavy (non-hydrogen) atoms. The number of rotatable bonds is 5. The maximum Gasteiger partial charge on any atom is 0.224 e. The molecule has 0 aliphatic heterocycles. The van der Waals surface area contributed by atoms with E-state index < -0.39 is 0 Å². The summed E-state index contributed by atoms with van der Waals surface area (Å²) in [5, 5.41) is 12.6. The molecule has 1 heterocycles. The second-order valence-electron chi connectivity index (χ2n) is 4.52. The summed E-state index contributed by atoms with van der Waals surface area (Å²) in [5.74, 6) is 0.630. The lowest BCUT2D eigenvalue weighted by Gasteiger charge is -2.10. The van der Waals surface area contributed by atoms with Gasteiger partial charge in [0.1, 0.15) is 5.75 Å². The average Bonchev–Trinajstić information content (AvgIpc) is 2.81. The number of aliphatic hydroxyl groups is 1. The van der Waals surface area contributed by atoms with Gasteiger partial charge in [0.2, 0.25) is 5.91 Å². The standard InChI is InChI=1S/C14H18N2O3/c1-9(8-17)16-13(18)6-10-7-15-11-4-3-5-12(19-2)14(10)11/h3-5,7,9,15,17H,6,8H2,1-2H3,(H,16,18). The molecule has 5 heteroatoms. The zero-order valence-electron chi connectivity index (χ0n) is 11.1. The Kier molecular flexibility index (Phi) is 4.06. The Morgan fingerprint density at radius 3 is 3.00 bits per heavy atom. The van der Waals surface area contributed by atoms with Crippen LogP contribution in [0.25, 0.3) is 10.9 Å². The number of aromatic amines is 1. The lowest BCUT2D eigenvalue weighted by atomic mass is 10.1. The number of carbonyl (C=O) groups is 1. The van der Waals surface area contributed by atoms with E-state index in [9.17, 15) is 4.79 Å². The predicted molar refractivity (Wildman–Crippen MR) is 73.2 cm³/mol. The number of hydrogen-bond acceptors (Lipinski definition) is 3. The molecule has 1 unspecified atom stereocenters. The van der Waals surface area contributed by atoms with Gasteiger partial charge in [-0.25, -0.2) is 0 Å². The largest absolute Gasteiger partial charge is 0.496 e. The van der Waals surface area contributed by atoms with E-state index in [1.807, 2.05) is 24.4 Å². The van der Waals surface area contributed by atoms with Crippen LogP contribution in [0.15, 0.2) is 24.4 Å². The number of ether oxygens (including phenoxy) is 1. The second-order valence-corrected chi connectivity index (χ2v) is 4.52. The van der Waals surface area contributed by atoms with Crippen molar-refractivity contribution in [1.82, 2.24) is 10.3 Å². The number of methoxy groups -OCH3 is 1. The Morgan fingerprint density at radius 2 is 2.32 bits per heavy atom. The molecule has 0 saturated carbocycles. The van der Waals surface area contributed by atoms with Crippen molar-refractivity contribution in [2.24, 2.45) is 0 Å². The van der Waals surface area contributed by atoms with Crippen LogP contribution in [0, 0.1) is 0 Å². The third kappa shape index (κ3) is 2.88. The van der Waals surface area contributed by atoms with Gasteiger partial charge in [-0.2, -0.15) is 0 Å². The molecule has 1 amide bonds. The first kappa shape index (κ1) is 13.4. The molecule has 0 radical (unpaired) electrons. The van der Waals surface area contributed by atoms with Gasteiger partial charge in [-0.15, -0.1) is 0 Å². The molecule has 5 nitrogen and oxygen atoms in total. The van der Waals surface area contributed by atoms with Gasteiger partial charge < -0.3 is 20.1 Å². The molecule has 0 spiro atoms. The monoisotopic (exact) mass is 262 g/mol. The Balaban J connectivity index is 2.23. The van der Waals surface area contributed by atoms with Crippen molar-refractivity contribution < 1.29 is 14.6 Å². The highest BCUT2D eigenvalue weighted by atomic mass is 16.5. The van der Waals surface area contributed by atoms with E-state index in [2.05, 4.69) is 10.3 Å². The van der Waals surface area contributed by atoms with E-state index in [1.54, 1.807) is 14.0 Å². The molecule has 3 N–H and O–H groups in total. The van der Waals surface area contributed by atoms with Crippen LogP contribution in [0.3, 0.4) is 0 Å². The van der Waals surface area contributed by atoms with E-state index in [0.29, 0.717) is 0 Å². The predicted octanol–water partition coefficient (Wildman–Crippen LogP) is 1.22. The van der Waals surface area contributed by atoms with E-state index in [1.165, 1.54) is 0 Å². The average molecular weight is 262 g/mol. The van der Waals surface area contributed by atoms with Crippen molar-refractivity contribution in [2.75, 3.05) is 13.7 Å². The number of hydrogen-bond donors (Lipinski definition) is 3. The highest BCUT2D eigenvalue weighted by Gasteiger charge is 2.13. The summed E-state index contributed by atoms with van der Waals surface area (Å²) in [6.07, 6.45) is 2.07.